The Hall–Kier alpha value is -1.42. The molecular formula is C13H17N3S. The molecule has 1 heterocycles. The molecule has 0 atom stereocenters. The fourth-order valence-electron chi connectivity index (χ4n) is 1.51. The van der Waals surface area contributed by atoms with E-state index in [-0.39, 0.29) is 0 Å². The number of hydrogen-bond donors (Lipinski definition) is 1. The van der Waals surface area contributed by atoms with Crippen molar-refractivity contribution in [3.05, 3.63) is 42.1 Å². The molecule has 1 aromatic heterocycles. The Bertz CT molecular complexity index is 445. The van der Waals surface area contributed by atoms with Crippen molar-refractivity contribution in [2.75, 3.05) is 17.6 Å². The molecule has 0 aliphatic carbocycles. The van der Waals surface area contributed by atoms with Gasteiger partial charge in [-0.3, -0.25) is 4.68 Å². The van der Waals surface area contributed by atoms with Gasteiger partial charge in [-0.1, -0.05) is 18.2 Å². The van der Waals surface area contributed by atoms with Crippen LogP contribution in [0, 0.1) is 6.92 Å². The van der Waals surface area contributed by atoms with E-state index in [1.165, 1.54) is 10.6 Å². The number of anilines is 1. The molecule has 0 aliphatic rings. The first-order chi connectivity index (χ1) is 8.25. The fraction of sp³-hybridized carbons (Fsp3) is 0.308. The van der Waals surface area contributed by atoms with Gasteiger partial charge >= 0.3 is 0 Å². The van der Waals surface area contributed by atoms with Crippen LogP contribution in [0.3, 0.4) is 0 Å². The molecule has 0 radical (unpaired) electrons. The molecule has 0 spiro atoms. The second kappa shape index (κ2) is 5.77. The van der Waals surface area contributed by atoms with Gasteiger partial charge in [0.25, 0.3) is 0 Å². The Morgan fingerprint density at radius 2 is 2.06 bits per heavy atom. The van der Waals surface area contributed by atoms with Crippen molar-refractivity contribution in [2.24, 2.45) is 7.05 Å². The van der Waals surface area contributed by atoms with E-state index in [0.29, 0.717) is 0 Å². The number of benzene rings is 1. The van der Waals surface area contributed by atoms with Crippen LogP contribution in [0.15, 0.2) is 41.3 Å². The van der Waals surface area contributed by atoms with Gasteiger partial charge in [0, 0.05) is 36.0 Å². The summed E-state index contributed by atoms with van der Waals surface area (Å²) in [6.07, 6.45) is 0. The minimum Gasteiger partial charge on any atom is -0.368 e. The van der Waals surface area contributed by atoms with Crippen LogP contribution in [-0.2, 0) is 7.05 Å². The summed E-state index contributed by atoms with van der Waals surface area (Å²) < 4.78 is 1.88. The average Bonchev–Trinajstić information content (AvgIpc) is 2.66. The third-order valence-electron chi connectivity index (χ3n) is 2.53. The number of rotatable bonds is 5. The Kier molecular flexibility index (Phi) is 4.09. The predicted molar refractivity (Wildman–Crippen MR) is 73.6 cm³/mol. The molecule has 0 unspecified atom stereocenters. The Labute approximate surface area is 106 Å². The minimum absolute atomic E-state index is 0.927. The fourth-order valence-corrected chi connectivity index (χ4v) is 2.30. The number of aryl methyl sites for hydroxylation is 2. The Morgan fingerprint density at radius 3 is 2.71 bits per heavy atom. The summed E-state index contributed by atoms with van der Waals surface area (Å²) in [6.45, 7) is 2.98. The van der Waals surface area contributed by atoms with Crippen LogP contribution in [-0.4, -0.2) is 22.1 Å². The van der Waals surface area contributed by atoms with Gasteiger partial charge in [-0.25, -0.2) is 0 Å². The molecule has 1 N–H and O–H groups in total. The maximum absolute atomic E-state index is 4.35. The van der Waals surface area contributed by atoms with Crippen molar-refractivity contribution < 1.29 is 0 Å². The van der Waals surface area contributed by atoms with Gasteiger partial charge in [-0.2, -0.15) is 5.10 Å². The summed E-state index contributed by atoms with van der Waals surface area (Å²) in [4.78, 5) is 1.31. The highest BCUT2D eigenvalue weighted by Gasteiger charge is 1.99. The van der Waals surface area contributed by atoms with Crippen LogP contribution >= 0.6 is 11.8 Å². The molecule has 0 aliphatic heterocycles. The van der Waals surface area contributed by atoms with Crippen LogP contribution in [0.5, 0.6) is 0 Å². The van der Waals surface area contributed by atoms with E-state index in [0.717, 1.165) is 18.1 Å². The van der Waals surface area contributed by atoms with Gasteiger partial charge in [0.1, 0.15) is 5.82 Å². The summed E-state index contributed by atoms with van der Waals surface area (Å²) in [7, 11) is 1.96. The zero-order chi connectivity index (χ0) is 12.1. The zero-order valence-electron chi connectivity index (χ0n) is 10.2. The van der Waals surface area contributed by atoms with Crippen molar-refractivity contribution in [3.63, 3.8) is 0 Å². The molecule has 3 nitrogen and oxygen atoms in total. The van der Waals surface area contributed by atoms with Crippen molar-refractivity contribution in [1.29, 1.82) is 0 Å². The van der Waals surface area contributed by atoms with Crippen molar-refractivity contribution in [2.45, 2.75) is 11.8 Å². The normalized spacial score (nSPS) is 10.5. The van der Waals surface area contributed by atoms with E-state index in [2.05, 4.69) is 47.7 Å². The highest BCUT2D eigenvalue weighted by Crippen LogP contribution is 2.16. The topological polar surface area (TPSA) is 29.9 Å². The molecule has 0 amide bonds. The van der Waals surface area contributed by atoms with Crippen LogP contribution in [0.1, 0.15) is 5.69 Å². The number of nitrogens with one attached hydrogen (secondary N) is 1. The second-order valence-corrected chi connectivity index (χ2v) is 5.05. The molecule has 4 heteroatoms. The largest absolute Gasteiger partial charge is 0.368 e. The van der Waals surface area contributed by atoms with Crippen molar-refractivity contribution in [1.82, 2.24) is 9.78 Å². The van der Waals surface area contributed by atoms with E-state index < -0.39 is 0 Å². The summed E-state index contributed by atoms with van der Waals surface area (Å²) >= 11 is 1.85. The lowest BCUT2D eigenvalue weighted by atomic mass is 10.4. The predicted octanol–water partition coefficient (Wildman–Crippen LogP) is 2.93. The molecule has 1 aromatic carbocycles. The Morgan fingerprint density at radius 1 is 1.29 bits per heavy atom. The van der Waals surface area contributed by atoms with Crippen LogP contribution < -0.4 is 5.32 Å². The first kappa shape index (κ1) is 12.0. The Balaban J connectivity index is 1.73. The molecule has 0 fully saturated rings. The van der Waals surface area contributed by atoms with E-state index in [4.69, 9.17) is 0 Å². The second-order valence-electron chi connectivity index (χ2n) is 3.88. The van der Waals surface area contributed by atoms with Gasteiger partial charge < -0.3 is 5.32 Å². The standard InChI is InChI=1S/C13H17N3S/c1-11-10-13(15-16(11)2)14-8-9-17-12-6-4-3-5-7-12/h3-7,10H,8-9H2,1-2H3,(H,14,15). The minimum atomic E-state index is 0.927. The van der Waals surface area contributed by atoms with E-state index >= 15 is 0 Å². The first-order valence-electron chi connectivity index (χ1n) is 5.68. The van der Waals surface area contributed by atoms with Crippen molar-refractivity contribution in [3.8, 4) is 0 Å². The number of nitrogens with zero attached hydrogens (tertiary/aromatic N) is 2. The summed E-state index contributed by atoms with van der Waals surface area (Å²) in [5, 5.41) is 7.67. The highest BCUT2D eigenvalue weighted by molar-refractivity contribution is 7.99. The van der Waals surface area contributed by atoms with Crippen molar-refractivity contribution >= 4 is 17.6 Å². The lowest BCUT2D eigenvalue weighted by Crippen LogP contribution is -2.04. The molecule has 2 rings (SSSR count). The lowest BCUT2D eigenvalue weighted by Gasteiger charge is -2.02. The summed E-state index contributed by atoms with van der Waals surface area (Å²) in [6, 6.07) is 12.5. The van der Waals surface area contributed by atoms with Gasteiger partial charge in [-0.15, -0.1) is 11.8 Å². The zero-order valence-corrected chi connectivity index (χ0v) is 11.0. The average molecular weight is 247 g/mol. The molecule has 90 valence electrons. The maximum atomic E-state index is 4.35. The van der Waals surface area contributed by atoms with Crippen LogP contribution in [0.4, 0.5) is 5.82 Å². The van der Waals surface area contributed by atoms with E-state index in [1.807, 2.05) is 29.6 Å². The molecule has 0 saturated heterocycles. The molecule has 2 aromatic rings. The van der Waals surface area contributed by atoms with Gasteiger partial charge in [0.2, 0.25) is 0 Å². The molecule has 0 saturated carbocycles. The van der Waals surface area contributed by atoms with Gasteiger partial charge in [0.15, 0.2) is 0 Å². The smallest absolute Gasteiger partial charge is 0.148 e. The van der Waals surface area contributed by atoms with E-state index in [9.17, 15) is 0 Å². The molecular weight excluding hydrogens is 230 g/mol. The van der Waals surface area contributed by atoms with Gasteiger partial charge in [0.05, 0.1) is 0 Å². The third kappa shape index (κ3) is 3.53. The third-order valence-corrected chi connectivity index (χ3v) is 3.55. The molecule has 0 bridgehead atoms. The van der Waals surface area contributed by atoms with E-state index in [1.54, 1.807) is 0 Å². The monoisotopic (exact) mass is 247 g/mol. The summed E-state index contributed by atoms with van der Waals surface area (Å²) in [5.41, 5.74) is 1.17. The first-order valence-corrected chi connectivity index (χ1v) is 6.66. The number of aromatic nitrogens is 2. The molecule has 17 heavy (non-hydrogen) atoms. The quantitative estimate of drug-likeness (QED) is 0.651. The SMILES string of the molecule is Cc1cc(NCCSc2ccccc2)nn1C. The van der Waals surface area contributed by atoms with Crippen LogP contribution in [0.2, 0.25) is 0 Å². The maximum Gasteiger partial charge on any atom is 0.148 e. The lowest BCUT2D eigenvalue weighted by molar-refractivity contribution is 0.741. The highest BCUT2D eigenvalue weighted by atomic mass is 32.2. The number of hydrogen-bond acceptors (Lipinski definition) is 3. The van der Waals surface area contributed by atoms with Crippen LogP contribution in [0.25, 0.3) is 0 Å². The van der Waals surface area contributed by atoms with Gasteiger partial charge in [-0.05, 0) is 19.1 Å². The summed E-state index contributed by atoms with van der Waals surface area (Å²) in [5.74, 6) is 2.00. The number of thioether (sulfide) groups is 1.